The molecule has 1 radical (unpaired) electrons. The van der Waals surface area contributed by atoms with Crippen LogP contribution in [0.5, 0.6) is 0 Å². The summed E-state index contributed by atoms with van der Waals surface area (Å²) < 4.78 is 0. The second-order valence-corrected chi connectivity index (χ2v) is 6.08. The Hall–Kier alpha value is -1.51. The number of likely N-dealkylation sites (N-methyl/N-ethyl adjacent to an activating group) is 1. The van der Waals surface area contributed by atoms with Gasteiger partial charge in [-0.05, 0) is 49.4 Å². The zero-order chi connectivity index (χ0) is 14.8. The molecule has 1 heterocycles. The smallest absolute Gasteiger partial charge is 0.0484 e. The number of aryl methyl sites for hydroxylation is 1. The average molecular weight is 300 g/mol. The van der Waals surface area contributed by atoms with Gasteiger partial charge in [0, 0.05) is 42.5 Å². The van der Waals surface area contributed by atoms with Gasteiger partial charge in [-0.15, -0.1) is 0 Å². The summed E-state index contributed by atoms with van der Waals surface area (Å²) in [4.78, 5) is 4.82. The molecule has 0 atom stereocenters. The van der Waals surface area contributed by atoms with E-state index in [1.54, 1.807) is 0 Å². The quantitative estimate of drug-likeness (QED) is 0.830. The largest absolute Gasteiger partial charge is 0.369 e. The third kappa shape index (κ3) is 3.07. The van der Waals surface area contributed by atoms with E-state index in [2.05, 4.69) is 42.0 Å². The molecule has 3 heteroatoms. The van der Waals surface area contributed by atoms with Gasteiger partial charge < -0.3 is 9.80 Å². The first kappa shape index (κ1) is 14.4. The Morgan fingerprint density at radius 2 is 1.81 bits per heavy atom. The maximum atomic E-state index is 6.32. The van der Waals surface area contributed by atoms with Crippen molar-refractivity contribution >= 4 is 17.3 Å². The molecular formula is C18H20ClN2. The lowest BCUT2D eigenvalue weighted by Crippen LogP contribution is -2.44. The molecule has 1 saturated heterocycles. The van der Waals surface area contributed by atoms with Gasteiger partial charge in [-0.1, -0.05) is 29.8 Å². The van der Waals surface area contributed by atoms with Crippen LogP contribution in [0.2, 0.25) is 5.02 Å². The lowest BCUT2D eigenvalue weighted by atomic mass is 10.0. The highest BCUT2D eigenvalue weighted by molar-refractivity contribution is 6.33. The number of anilines is 1. The van der Waals surface area contributed by atoms with Gasteiger partial charge in [0.05, 0.1) is 0 Å². The third-order valence-corrected chi connectivity index (χ3v) is 4.48. The highest BCUT2D eigenvalue weighted by atomic mass is 35.5. The highest BCUT2D eigenvalue weighted by Crippen LogP contribution is 2.32. The first-order valence-electron chi connectivity index (χ1n) is 7.36. The fourth-order valence-electron chi connectivity index (χ4n) is 2.78. The average Bonchev–Trinajstić information content (AvgIpc) is 2.50. The van der Waals surface area contributed by atoms with Crippen LogP contribution >= 0.6 is 11.6 Å². The summed E-state index contributed by atoms with van der Waals surface area (Å²) in [7, 11) is 2.18. The molecule has 109 valence electrons. The van der Waals surface area contributed by atoms with Gasteiger partial charge >= 0.3 is 0 Å². The van der Waals surface area contributed by atoms with Crippen molar-refractivity contribution in [1.29, 1.82) is 0 Å². The summed E-state index contributed by atoms with van der Waals surface area (Å²) in [5.41, 5.74) is 4.70. The highest BCUT2D eigenvalue weighted by Gasteiger charge is 2.16. The number of hydrogen-bond acceptors (Lipinski definition) is 2. The Bertz CT molecular complexity index is 631. The first-order chi connectivity index (χ1) is 10.1. The van der Waals surface area contributed by atoms with E-state index in [4.69, 9.17) is 11.6 Å². The van der Waals surface area contributed by atoms with E-state index in [0.29, 0.717) is 0 Å². The fraction of sp³-hybridized carbons (Fsp3) is 0.333. The van der Waals surface area contributed by atoms with E-state index >= 15 is 0 Å². The predicted octanol–water partition coefficient (Wildman–Crippen LogP) is 3.87. The van der Waals surface area contributed by atoms with E-state index in [1.807, 2.05) is 24.3 Å². The van der Waals surface area contributed by atoms with Crippen LogP contribution in [-0.2, 0) is 0 Å². The summed E-state index contributed by atoms with van der Waals surface area (Å²) in [5, 5.41) is 0.791. The molecule has 0 aliphatic carbocycles. The molecule has 0 saturated carbocycles. The Morgan fingerprint density at radius 3 is 2.52 bits per heavy atom. The van der Waals surface area contributed by atoms with Crippen molar-refractivity contribution in [2.75, 3.05) is 38.1 Å². The van der Waals surface area contributed by atoms with Crippen LogP contribution in [0.1, 0.15) is 5.56 Å². The van der Waals surface area contributed by atoms with E-state index in [9.17, 15) is 0 Å². The Morgan fingerprint density at radius 1 is 1.10 bits per heavy atom. The fourth-order valence-corrected chi connectivity index (χ4v) is 3.03. The van der Waals surface area contributed by atoms with Crippen molar-refractivity contribution in [2.45, 2.75) is 6.92 Å². The Kier molecular flexibility index (Phi) is 4.18. The van der Waals surface area contributed by atoms with Crippen molar-refractivity contribution in [1.82, 2.24) is 4.90 Å². The van der Waals surface area contributed by atoms with Gasteiger partial charge in [-0.3, -0.25) is 0 Å². The molecule has 2 aromatic rings. The second kappa shape index (κ2) is 6.08. The minimum atomic E-state index is 0.791. The number of benzene rings is 2. The number of piperazine rings is 1. The molecule has 0 bridgehead atoms. The van der Waals surface area contributed by atoms with Gasteiger partial charge in [0.15, 0.2) is 0 Å². The molecule has 1 aliphatic heterocycles. The summed E-state index contributed by atoms with van der Waals surface area (Å²) >= 11 is 6.32. The lowest BCUT2D eigenvalue weighted by molar-refractivity contribution is 0.312. The van der Waals surface area contributed by atoms with E-state index in [1.165, 1.54) is 11.3 Å². The lowest BCUT2D eigenvalue weighted by Gasteiger charge is -2.35. The molecule has 0 spiro atoms. The molecule has 3 rings (SSSR count). The molecule has 2 aromatic carbocycles. The van der Waals surface area contributed by atoms with Crippen LogP contribution in [0.15, 0.2) is 36.4 Å². The maximum absolute atomic E-state index is 6.32. The molecule has 1 aliphatic rings. The van der Waals surface area contributed by atoms with Crippen molar-refractivity contribution in [3.05, 3.63) is 53.1 Å². The molecule has 0 amide bonds. The number of rotatable bonds is 2. The molecular weight excluding hydrogens is 280 g/mol. The number of halogens is 1. The van der Waals surface area contributed by atoms with Gasteiger partial charge in [-0.25, -0.2) is 0 Å². The number of nitrogens with zero attached hydrogens (tertiary/aromatic N) is 2. The van der Waals surface area contributed by atoms with Crippen LogP contribution in [0, 0.1) is 13.0 Å². The second-order valence-electron chi connectivity index (χ2n) is 5.67. The summed E-state index contributed by atoms with van der Waals surface area (Å²) in [5.74, 6) is 0. The van der Waals surface area contributed by atoms with Crippen LogP contribution in [0.25, 0.3) is 11.1 Å². The standard InChI is InChI=1S/C18H20ClN2/c1-14-7-8-15(16-5-3-4-6-17(16)19)13-18(14)21-11-9-20(2)10-12-21/h3-6,8,13H,9-12H2,1-2H3. The molecule has 0 unspecified atom stereocenters. The molecule has 1 fully saturated rings. The van der Waals surface area contributed by atoms with Crippen LogP contribution in [0.4, 0.5) is 5.69 Å². The van der Waals surface area contributed by atoms with Crippen LogP contribution in [-0.4, -0.2) is 38.1 Å². The van der Waals surface area contributed by atoms with Gasteiger partial charge in [0.2, 0.25) is 0 Å². The molecule has 0 N–H and O–H groups in total. The van der Waals surface area contributed by atoms with Crippen molar-refractivity contribution < 1.29 is 0 Å². The zero-order valence-electron chi connectivity index (χ0n) is 12.6. The number of hydrogen-bond donors (Lipinski definition) is 0. The maximum Gasteiger partial charge on any atom is 0.0484 e. The van der Waals surface area contributed by atoms with Crippen LogP contribution in [0.3, 0.4) is 0 Å². The van der Waals surface area contributed by atoms with Crippen LogP contribution < -0.4 is 4.90 Å². The third-order valence-electron chi connectivity index (χ3n) is 4.15. The summed E-state index contributed by atoms with van der Waals surface area (Å²) in [6, 6.07) is 15.7. The summed E-state index contributed by atoms with van der Waals surface area (Å²) in [6.07, 6.45) is 0. The van der Waals surface area contributed by atoms with Gasteiger partial charge in [0.1, 0.15) is 0 Å². The van der Waals surface area contributed by atoms with Crippen molar-refractivity contribution in [3.63, 3.8) is 0 Å². The summed E-state index contributed by atoms with van der Waals surface area (Å²) in [6.45, 7) is 6.48. The SMILES string of the molecule is Cc1[c]cc(-c2ccccc2Cl)cc1N1CCN(C)CC1. The molecule has 2 nitrogen and oxygen atoms in total. The Balaban J connectivity index is 1.95. The van der Waals surface area contributed by atoms with Crippen molar-refractivity contribution in [3.8, 4) is 11.1 Å². The minimum absolute atomic E-state index is 0.791. The zero-order valence-corrected chi connectivity index (χ0v) is 13.3. The van der Waals surface area contributed by atoms with E-state index in [0.717, 1.165) is 42.3 Å². The van der Waals surface area contributed by atoms with E-state index in [-0.39, 0.29) is 0 Å². The van der Waals surface area contributed by atoms with E-state index < -0.39 is 0 Å². The molecule has 0 aromatic heterocycles. The van der Waals surface area contributed by atoms with Gasteiger partial charge in [0.25, 0.3) is 0 Å². The monoisotopic (exact) mass is 299 g/mol. The predicted molar refractivity (Wildman–Crippen MR) is 90.2 cm³/mol. The topological polar surface area (TPSA) is 6.48 Å². The first-order valence-corrected chi connectivity index (χ1v) is 7.73. The minimum Gasteiger partial charge on any atom is -0.369 e. The normalized spacial score (nSPS) is 16.2. The Labute approximate surface area is 131 Å². The van der Waals surface area contributed by atoms with Crippen molar-refractivity contribution in [2.24, 2.45) is 0 Å². The molecule has 21 heavy (non-hydrogen) atoms. The van der Waals surface area contributed by atoms with Gasteiger partial charge in [-0.2, -0.15) is 0 Å².